The maximum Gasteiger partial charge on any atom is 0.0840 e. The first-order chi connectivity index (χ1) is 30.7. The maximum absolute atomic E-state index is 10.6. The first-order valence-electron chi connectivity index (χ1n) is 22.5. The Morgan fingerprint density at radius 1 is 0.185 bits per heavy atom. The number of rotatable bonds is 12. The lowest BCUT2D eigenvalue weighted by Crippen LogP contribution is -2.31. The first-order valence-corrected chi connectivity index (χ1v) is 22.5. The van der Waals surface area contributed by atoms with Crippen molar-refractivity contribution >= 4 is 0 Å². The molecule has 4 N–H and O–H groups in total. The molecule has 0 radical (unpaired) electrons. The average molecular weight is 857 g/mol. The summed E-state index contributed by atoms with van der Waals surface area (Å²) in [6.45, 7) is 14.4. The van der Waals surface area contributed by atoms with Gasteiger partial charge in [-0.15, -0.1) is 0 Å². The molecule has 0 spiro atoms. The Bertz CT molecular complexity index is 2440. The van der Waals surface area contributed by atoms with Crippen molar-refractivity contribution in [3.05, 3.63) is 239 Å². The summed E-state index contributed by atoms with van der Waals surface area (Å²) in [4.78, 5) is 0. The molecule has 0 aliphatic rings. The van der Waals surface area contributed by atoms with E-state index in [1.807, 2.05) is 48.5 Å². The third-order valence-corrected chi connectivity index (χ3v) is 13.0. The van der Waals surface area contributed by atoms with Gasteiger partial charge in [0.05, 0.1) is 27.8 Å². The maximum atomic E-state index is 10.6. The van der Waals surface area contributed by atoms with Gasteiger partial charge < -0.3 is 20.4 Å². The van der Waals surface area contributed by atoms with Gasteiger partial charge in [-0.3, -0.25) is 0 Å². The van der Waals surface area contributed by atoms with Crippen LogP contribution in [0.25, 0.3) is 44.5 Å². The molecule has 0 atom stereocenters. The van der Waals surface area contributed by atoms with E-state index in [4.69, 9.17) is 0 Å². The highest BCUT2D eigenvalue weighted by Crippen LogP contribution is 2.47. The highest BCUT2D eigenvalue weighted by Gasteiger charge is 2.39. The second-order valence-electron chi connectivity index (χ2n) is 19.6. The van der Waals surface area contributed by atoms with Gasteiger partial charge in [0.1, 0.15) is 0 Å². The standard InChI is InChI=1S/C61H60O4/c1-57(2,62)49-25-9-41(10-26-49)45-17-33-53(34-18-45)61(54-35-19-46(20-36-54)42-11-27-50(28-12-42)58(3,4)63,55-37-21-47(22-38-55)43-13-29-51(30-14-43)59(5,6)64)56-39-23-48(24-40-56)44-15-31-52(32-16-44)60(7,8)65/h9-40,62-65H,1-8H3. The fourth-order valence-corrected chi connectivity index (χ4v) is 8.93. The van der Waals surface area contributed by atoms with Crippen LogP contribution in [0.5, 0.6) is 0 Å². The second-order valence-corrected chi connectivity index (χ2v) is 19.6. The average Bonchev–Trinajstić information content (AvgIpc) is 3.29. The number of aliphatic hydroxyl groups is 4. The molecule has 4 nitrogen and oxygen atoms in total. The zero-order chi connectivity index (χ0) is 46.4. The van der Waals surface area contributed by atoms with Gasteiger partial charge in [-0.05, 0) is 144 Å². The molecule has 0 aromatic heterocycles. The summed E-state index contributed by atoms with van der Waals surface area (Å²) >= 11 is 0. The van der Waals surface area contributed by atoms with E-state index < -0.39 is 27.8 Å². The van der Waals surface area contributed by atoms with E-state index >= 15 is 0 Å². The van der Waals surface area contributed by atoms with Crippen LogP contribution in [0.2, 0.25) is 0 Å². The molecule has 0 aliphatic carbocycles. The van der Waals surface area contributed by atoms with E-state index in [2.05, 4.69) is 146 Å². The van der Waals surface area contributed by atoms with E-state index in [1.54, 1.807) is 55.4 Å². The molecule has 8 aromatic carbocycles. The van der Waals surface area contributed by atoms with Gasteiger partial charge in [-0.1, -0.05) is 194 Å². The van der Waals surface area contributed by atoms with Crippen molar-refractivity contribution in [2.45, 2.75) is 83.2 Å². The first kappa shape index (κ1) is 45.2. The zero-order valence-electron chi connectivity index (χ0n) is 38.8. The highest BCUT2D eigenvalue weighted by molar-refractivity contribution is 5.72. The second kappa shape index (κ2) is 17.2. The van der Waals surface area contributed by atoms with E-state index in [0.29, 0.717) is 0 Å². The van der Waals surface area contributed by atoms with Crippen molar-refractivity contribution in [3.8, 4) is 44.5 Å². The van der Waals surface area contributed by atoms with Crippen LogP contribution in [0.15, 0.2) is 194 Å². The highest BCUT2D eigenvalue weighted by atomic mass is 16.3. The van der Waals surface area contributed by atoms with Gasteiger partial charge in [0.15, 0.2) is 0 Å². The van der Waals surface area contributed by atoms with Gasteiger partial charge in [0, 0.05) is 0 Å². The van der Waals surface area contributed by atoms with Crippen LogP contribution >= 0.6 is 0 Å². The van der Waals surface area contributed by atoms with Crippen molar-refractivity contribution in [1.82, 2.24) is 0 Å². The van der Waals surface area contributed by atoms with E-state index in [1.165, 1.54) is 0 Å². The third kappa shape index (κ3) is 9.40. The predicted molar refractivity (Wildman–Crippen MR) is 267 cm³/mol. The van der Waals surface area contributed by atoms with Crippen molar-refractivity contribution in [2.24, 2.45) is 0 Å². The van der Waals surface area contributed by atoms with Crippen LogP contribution in [0.3, 0.4) is 0 Å². The molecular formula is C61H60O4. The molecule has 0 amide bonds. The summed E-state index contributed by atoms with van der Waals surface area (Å²) < 4.78 is 0. The van der Waals surface area contributed by atoms with Crippen LogP contribution < -0.4 is 0 Å². The molecule has 8 rings (SSSR count). The molecule has 0 saturated carbocycles. The lowest BCUT2D eigenvalue weighted by molar-refractivity contribution is 0.0780. The summed E-state index contributed by atoms with van der Waals surface area (Å²) in [5.74, 6) is 0. The molecule has 0 unspecified atom stereocenters. The quantitative estimate of drug-likeness (QED) is 0.0923. The van der Waals surface area contributed by atoms with Crippen molar-refractivity contribution in [3.63, 3.8) is 0 Å². The molecule has 328 valence electrons. The minimum absolute atomic E-state index is 0.765. The molecular weight excluding hydrogens is 797 g/mol. The molecule has 65 heavy (non-hydrogen) atoms. The largest absolute Gasteiger partial charge is 0.386 e. The molecule has 0 saturated heterocycles. The summed E-state index contributed by atoms with van der Waals surface area (Å²) in [6.07, 6.45) is 0. The fourth-order valence-electron chi connectivity index (χ4n) is 8.93. The number of hydrogen-bond donors (Lipinski definition) is 4. The molecule has 0 bridgehead atoms. The van der Waals surface area contributed by atoms with Gasteiger partial charge >= 0.3 is 0 Å². The van der Waals surface area contributed by atoms with Gasteiger partial charge in [-0.2, -0.15) is 0 Å². The smallest absolute Gasteiger partial charge is 0.0840 e. The Kier molecular flexibility index (Phi) is 11.9. The monoisotopic (exact) mass is 856 g/mol. The molecule has 8 aromatic rings. The molecule has 0 fully saturated rings. The van der Waals surface area contributed by atoms with Crippen molar-refractivity contribution in [2.75, 3.05) is 0 Å². The Hall–Kier alpha value is -6.40. The summed E-state index contributed by atoms with van der Waals surface area (Å²) in [5, 5.41) is 42.6. The van der Waals surface area contributed by atoms with Crippen LogP contribution in [0, 0.1) is 0 Å². The summed E-state index contributed by atoms with van der Waals surface area (Å²) in [6, 6.07) is 68.0. The van der Waals surface area contributed by atoms with E-state index in [-0.39, 0.29) is 0 Å². The summed E-state index contributed by atoms with van der Waals surface area (Å²) in [7, 11) is 0. The van der Waals surface area contributed by atoms with E-state index in [9.17, 15) is 20.4 Å². The molecule has 0 heterocycles. The Morgan fingerprint density at radius 3 is 0.400 bits per heavy atom. The topological polar surface area (TPSA) is 80.9 Å². The fraction of sp³-hybridized carbons (Fsp3) is 0.213. The predicted octanol–water partition coefficient (Wildman–Crippen LogP) is 13.6. The minimum atomic E-state index is -0.929. The molecule has 4 heteroatoms. The van der Waals surface area contributed by atoms with Gasteiger partial charge in [0.25, 0.3) is 0 Å². The van der Waals surface area contributed by atoms with Crippen molar-refractivity contribution < 1.29 is 20.4 Å². The number of benzene rings is 8. The van der Waals surface area contributed by atoms with Crippen molar-refractivity contribution in [1.29, 1.82) is 0 Å². The molecule has 0 aliphatic heterocycles. The van der Waals surface area contributed by atoms with E-state index in [0.717, 1.165) is 89.0 Å². The van der Waals surface area contributed by atoms with Crippen LogP contribution in [0.1, 0.15) is 99.9 Å². The SMILES string of the molecule is CC(C)(O)c1ccc(-c2ccc(C(c3ccc(-c4ccc(C(C)(C)O)cc4)cc3)(c3ccc(-c4ccc(C(C)(C)O)cc4)cc3)c3ccc(-c4ccc(C(C)(C)O)cc4)cc3)cc2)cc1. The Morgan fingerprint density at radius 2 is 0.292 bits per heavy atom. The van der Waals surface area contributed by atoms with Crippen LogP contribution in [-0.4, -0.2) is 20.4 Å². The Labute approximate surface area is 385 Å². The van der Waals surface area contributed by atoms with Gasteiger partial charge in [0.2, 0.25) is 0 Å². The zero-order valence-corrected chi connectivity index (χ0v) is 38.8. The summed E-state index contributed by atoms with van der Waals surface area (Å²) in [5.41, 5.74) is 11.9. The van der Waals surface area contributed by atoms with Crippen LogP contribution in [-0.2, 0) is 27.8 Å². The Balaban J connectivity index is 1.30. The minimum Gasteiger partial charge on any atom is -0.386 e. The lowest BCUT2D eigenvalue weighted by atomic mass is 9.64. The normalized spacial score (nSPS) is 12.6. The lowest BCUT2D eigenvalue weighted by Gasteiger charge is -2.37. The van der Waals surface area contributed by atoms with Crippen LogP contribution in [0.4, 0.5) is 0 Å². The third-order valence-electron chi connectivity index (χ3n) is 13.0. The van der Waals surface area contributed by atoms with Gasteiger partial charge in [-0.25, -0.2) is 0 Å². The number of hydrogen-bond acceptors (Lipinski definition) is 4.